The van der Waals surface area contributed by atoms with Gasteiger partial charge in [0.2, 0.25) is 0 Å². The van der Waals surface area contributed by atoms with Gasteiger partial charge in [0, 0.05) is 82.7 Å². The molecular weight excluding hydrogens is 475 g/mol. The molecule has 0 aromatic heterocycles. The number of rotatable bonds is 0. The molecule has 0 aliphatic heterocycles. The summed E-state index contributed by atoms with van der Waals surface area (Å²) in [7, 11) is 0. The van der Waals surface area contributed by atoms with Crippen molar-refractivity contribution < 1.29 is 82.7 Å². The summed E-state index contributed by atoms with van der Waals surface area (Å²) in [4.78, 5) is 0. The minimum Gasteiger partial charge on any atom is 0 e. The van der Waals surface area contributed by atoms with Crippen LogP contribution in [0.1, 0.15) is 0 Å². The second-order valence-electron chi connectivity index (χ2n) is 0. The van der Waals surface area contributed by atoms with Gasteiger partial charge in [-0.15, -0.1) is 0 Å². The van der Waals surface area contributed by atoms with Gasteiger partial charge >= 0.3 is 0 Å². The van der Waals surface area contributed by atoms with Gasteiger partial charge < -0.3 is 0 Å². The maximum atomic E-state index is 0. The van der Waals surface area contributed by atoms with E-state index >= 15 is 0 Å². The van der Waals surface area contributed by atoms with E-state index in [4.69, 9.17) is 0 Å². The Balaban J connectivity index is 0. The summed E-state index contributed by atoms with van der Waals surface area (Å²) < 4.78 is 0. The molecule has 0 aromatic rings. The van der Waals surface area contributed by atoms with Crippen LogP contribution in [-0.4, -0.2) is 0 Å². The van der Waals surface area contributed by atoms with Crippen LogP contribution in [-0.2, 0) is 82.7 Å². The normalized spacial score (nSPS) is 0. The van der Waals surface area contributed by atoms with Crippen molar-refractivity contribution in [3.63, 3.8) is 0 Å². The van der Waals surface area contributed by atoms with Crippen molar-refractivity contribution in [3.05, 3.63) is 0 Å². The molecule has 0 heterocycles. The zero-order valence-electron chi connectivity index (χ0n) is 1.64. The van der Waals surface area contributed by atoms with Gasteiger partial charge in [0.25, 0.3) is 0 Å². The molecule has 0 amide bonds. The zero-order valence-corrected chi connectivity index (χ0v) is 9.88. The first kappa shape index (κ1) is 29.9. The first-order valence-corrected chi connectivity index (χ1v) is 0. The summed E-state index contributed by atoms with van der Waals surface area (Å²) in [6.07, 6.45) is 0. The minimum absolute atomic E-state index is 0. The van der Waals surface area contributed by atoms with Crippen LogP contribution in [0, 0.1) is 0 Å². The fraction of sp³-hybridized carbons (Fsp3) is 0. The summed E-state index contributed by atoms with van der Waals surface area (Å²) >= 11 is 0. The van der Waals surface area contributed by atoms with Gasteiger partial charge in [0.1, 0.15) is 0 Å². The predicted octanol–water partition coefficient (Wildman–Crippen LogP) is -0.0100. The molecule has 1 radical (unpaired) electrons. The molecule has 0 saturated heterocycles. The monoisotopic (exact) mass is 473 g/mol. The molecule has 4 heavy (non-hydrogen) atoms. The van der Waals surface area contributed by atoms with Crippen LogP contribution in [0.2, 0.25) is 0 Å². The third-order valence-corrected chi connectivity index (χ3v) is 0. The number of hydrogen-bond donors (Lipinski definition) is 0. The summed E-state index contributed by atoms with van der Waals surface area (Å²) in [5.41, 5.74) is 0. The first-order valence-electron chi connectivity index (χ1n) is 0. The van der Waals surface area contributed by atoms with E-state index in [1.807, 2.05) is 0 Å². The van der Waals surface area contributed by atoms with Gasteiger partial charge in [-0.2, -0.15) is 0 Å². The molecule has 4 heteroatoms. The number of hydrogen-bond acceptors (Lipinski definition) is 0. The Hall–Kier alpha value is 2.69. The van der Waals surface area contributed by atoms with E-state index in [1.54, 1.807) is 0 Å². The van der Waals surface area contributed by atoms with Crippen molar-refractivity contribution in [1.82, 2.24) is 0 Å². The predicted molar refractivity (Wildman–Crippen MR) is 0 cm³/mol. The van der Waals surface area contributed by atoms with Crippen LogP contribution in [0.15, 0.2) is 0 Å². The van der Waals surface area contributed by atoms with E-state index < -0.39 is 0 Å². The Kier molecular flexibility index (Phi) is 130. The Bertz CT molecular complexity index is 6.00. The quantitative estimate of drug-likeness (QED) is 0.433. The largest absolute Gasteiger partial charge is 0 e. The fourth-order valence-corrected chi connectivity index (χ4v) is 0. The van der Waals surface area contributed by atoms with E-state index in [9.17, 15) is 0 Å². The maximum Gasteiger partial charge on any atom is 0 e. The molecule has 0 spiro atoms. The second-order valence-corrected chi connectivity index (χ2v) is 0. The summed E-state index contributed by atoms with van der Waals surface area (Å²) in [6.45, 7) is 0. The molecule has 0 rings (SSSR count). The average Bonchev–Trinajstić information content (AvgIpc) is 0. The third kappa shape index (κ3) is 8.82. The van der Waals surface area contributed by atoms with Gasteiger partial charge in [-0.05, 0) is 0 Å². The molecule has 0 atom stereocenters. The molecule has 0 bridgehead atoms. The van der Waals surface area contributed by atoms with Gasteiger partial charge in [-0.25, -0.2) is 0 Å². The smallest absolute Gasteiger partial charge is 0 e. The molecule has 0 N–H and O–H groups in total. The minimum atomic E-state index is 0. The zero-order chi connectivity index (χ0) is 0. The Morgan fingerprint density at radius 2 is 0.750 bits per heavy atom. The molecule has 33 valence electrons. The van der Waals surface area contributed by atoms with Gasteiger partial charge in [-0.1, -0.05) is 0 Å². The van der Waals surface area contributed by atoms with E-state index in [1.165, 1.54) is 0 Å². The Morgan fingerprint density at radius 3 is 0.750 bits per heavy atom. The molecule has 0 nitrogen and oxygen atoms in total. The van der Waals surface area contributed by atoms with Crippen molar-refractivity contribution in [2.24, 2.45) is 0 Å². The molecule has 0 saturated carbocycles. The van der Waals surface area contributed by atoms with Crippen LogP contribution in [0.25, 0.3) is 0 Å². The Morgan fingerprint density at radius 1 is 0.750 bits per heavy atom. The molecule has 0 aliphatic rings. The molecular formula is AuPd2Zn. The second kappa shape index (κ2) is 17.3. The van der Waals surface area contributed by atoms with Crippen molar-refractivity contribution in [2.75, 3.05) is 0 Å². The summed E-state index contributed by atoms with van der Waals surface area (Å²) in [5, 5.41) is 0. The van der Waals surface area contributed by atoms with Gasteiger partial charge in [0.05, 0.1) is 0 Å². The standard InChI is InChI=1S/Au.2Pd.Zn. The molecule has 0 fully saturated rings. The van der Waals surface area contributed by atoms with Crippen LogP contribution < -0.4 is 0 Å². The first-order chi connectivity index (χ1) is 0. The van der Waals surface area contributed by atoms with Gasteiger partial charge in [0.15, 0.2) is 0 Å². The maximum absolute atomic E-state index is 0. The van der Waals surface area contributed by atoms with Crippen molar-refractivity contribution in [3.8, 4) is 0 Å². The van der Waals surface area contributed by atoms with Crippen LogP contribution in [0.4, 0.5) is 0 Å². The molecule has 0 aliphatic carbocycles. The summed E-state index contributed by atoms with van der Waals surface area (Å²) in [5.74, 6) is 0. The van der Waals surface area contributed by atoms with Crippen LogP contribution in [0.3, 0.4) is 0 Å². The Labute approximate surface area is 81.4 Å². The molecule has 0 aromatic carbocycles. The molecule has 0 unspecified atom stereocenters. The van der Waals surface area contributed by atoms with E-state index in [2.05, 4.69) is 0 Å². The van der Waals surface area contributed by atoms with E-state index in [0.717, 1.165) is 0 Å². The van der Waals surface area contributed by atoms with E-state index in [0.29, 0.717) is 0 Å². The van der Waals surface area contributed by atoms with Crippen molar-refractivity contribution in [1.29, 1.82) is 0 Å². The average molecular weight is 475 g/mol. The van der Waals surface area contributed by atoms with Crippen molar-refractivity contribution >= 4 is 0 Å². The van der Waals surface area contributed by atoms with Crippen LogP contribution in [0.5, 0.6) is 0 Å². The topological polar surface area (TPSA) is 0 Å². The fourth-order valence-electron chi connectivity index (χ4n) is 0. The van der Waals surface area contributed by atoms with Crippen LogP contribution >= 0.6 is 0 Å². The SMILES string of the molecule is [Au].[Pd].[Pd].[Zn]. The third-order valence-electron chi connectivity index (χ3n) is 0. The van der Waals surface area contributed by atoms with Gasteiger partial charge in [-0.3, -0.25) is 0 Å². The summed E-state index contributed by atoms with van der Waals surface area (Å²) in [6, 6.07) is 0. The van der Waals surface area contributed by atoms with E-state index in [-0.39, 0.29) is 82.7 Å². The van der Waals surface area contributed by atoms with Crippen molar-refractivity contribution in [2.45, 2.75) is 0 Å².